The number of hydrogen-bond acceptors (Lipinski definition) is 4. The van der Waals surface area contributed by atoms with Crippen LogP contribution in [0.5, 0.6) is 0 Å². The number of pyridine rings is 1. The van der Waals surface area contributed by atoms with Crippen LogP contribution in [0.15, 0.2) is 18.3 Å². The molecule has 0 bridgehead atoms. The largest absolute Gasteiger partial charge is 0.391 e. The maximum atomic E-state index is 12.0. The van der Waals surface area contributed by atoms with Crippen molar-refractivity contribution in [2.75, 3.05) is 12.4 Å². The molecule has 0 aliphatic heterocycles. The van der Waals surface area contributed by atoms with E-state index in [1.807, 2.05) is 0 Å². The molecule has 1 aliphatic rings. The van der Waals surface area contributed by atoms with Crippen molar-refractivity contribution in [1.29, 1.82) is 0 Å². The van der Waals surface area contributed by atoms with Gasteiger partial charge in [-0.15, -0.1) is 0 Å². The van der Waals surface area contributed by atoms with E-state index in [0.29, 0.717) is 5.69 Å². The Bertz CT molecular complexity index is 405. The Labute approximate surface area is 107 Å². The molecule has 0 radical (unpaired) electrons. The van der Waals surface area contributed by atoms with E-state index in [1.165, 1.54) is 0 Å². The number of aliphatic hydroxyl groups is 1. The third-order valence-corrected chi connectivity index (χ3v) is 3.33. The van der Waals surface area contributed by atoms with Crippen LogP contribution in [0.25, 0.3) is 0 Å². The first-order valence-electron chi connectivity index (χ1n) is 6.33. The number of aliphatic hydroxyl groups excluding tert-OH is 1. The summed E-state index contributed by atoms with van der Waals surface area (Å²) >= 11 is 0. The highest BCUT2D eigenvalue weighted by atomic mass is 16.3. The lowest BCUT2D eigenvalue weighted by atomic mass is 9.92. The van der Waals surface area contributed by atoms with Gasteiger partial charge in [-0.25, -0.2) is 4.98 Å². The number of nitrogens with zero attached hydrogens (tertiary/aromatic N) is 1. The van der Waals surface area contributed by atoms with Crippen molar-refractivity contribution in [2.24, 2.45) is 0 Å². The Morgan fingerprint density at radius 1 is 1.39 bits per heavy atom. The molecule has 1 aromatic rings. The fraction of sp³-hybridized carbons (Fsp3) is 0.538. The number of carbonyl (C=O) groups excluding carboxylic acids is 1. The van der Waals surface area contributed by atoms with Crippen LogP contribution in [-0.4, -0.2) is 35.2 Å². The molecule has 1 aliphatic carbocycles. The van der Waals surface area contributed by atoms with E-state index in [1.54, 1.807) is 25.4 Å². The summed E-state index contributed by atoms with van der Waals surface area (Å²) in [6.45, 7) is 0. The van der Waals surface area contributed by atoms with Gasteiger partial charge in [0, 0.05) is 7.05 Å². The number of hydrogen-bond donors (Lipinski definition) is 3. The van der Waals surface area contributed by atoms with Gasteiger partial charge < -0.3 is 15.7 Å². The molecule has 18 heavy (non-hydrogen) atoms. The zero-order valence-corrected chi connectivity index (χ0v) is 10.5. The van der Waals surface area contributed by atoms with Crippen LogP contribution >= 0.6 is 0 Å². The van der Waals surface area contributed by atoms with Crippen molar-refractivity contribution >= 4 is 11.6 Å². The van der Waals surface area contributed by atoms with Gasteiger partial charge in [-0.1, -0.05) is 12.8 Å². The quantitative estimate of drug-likeness (QED) is 0.751. The molecule has 5 nitrogen and oxygen atoms in total. The smallest absolute Gasteiger partial charge is 0.270 e. The number of nitrogens with one attached hydrogen (secondary N) is 2. The van der Waals surface area contributed by atoms with E-state index in [4.69, 9.17) is 0 Å². The molecule has 2 atom stereocenters. The van der Waals surface area contributed by atoms with Gasteiger partial charge in [-0.3, -0.25) is 4.79 Å². The predicted octanol–water partition coefficient (Wildman–Crippen LogP) is 1.16. The fourth-order valence-corrected chi connectivity index (χ4v) is 2.20. The van der Waals surface area contributed by atoms with Crippen molar-refractivity contribution < 1.29 is 9.90 Å². The van der Waals surface area contributed by atoms with Crippen molar-refractivity contribution in [3.63, 3.8) is 0 Å². The first-order chi connectivity index (χ1) is 8.70. The van der Waals surface area contributed by atoms with Crippen molar-refractivity contribution in [1.82, 2.24) is 10.3 Å². The summed E-state index contributed by atoms with van der Waals surface area (Å²) in [6, 6.07) is 3.34. The highest BCUT2D eigenvalue weighted by molar-refractivity contribution is 5.92. The second kappa shape index (κ2) is 5.82. The minimum absolute atomic E-state index is 0.142. The molecular formula is C13H19N3O2. The third-order valence-electron chi connectivity index (χ3n) is 3.33. The topological polar surface area (TPSA) is 74.2 Å². The van der Waals surface area contributed by atoms with Crippen LogP contribution < -0.4 is 10.6 Å². The third kappa shape index (κ3) is 2.98. The summed E-state index contributed by atoms with van der Waals surface area (Å²) in [6.07, 6.45) is 4.86. The van der Waals surface area contributed by atoms with Gasteiger partial charge in [0.1, 0.15) is 5.69 Å². The molecular weight excluding hydrogens is 230 g/mol. The van der Waals surface area contributed by atoms with Gasteiger partial charge in [0.05, 0.1) is 24.0 Å². The second-order valence-electron chi connectivity index (χ2n) is 4.61. The molecule has 5 heteroatoms. The molecule has 0 aromatic carbocycles. The van der Waals surface area contributed by atoms with Gasteiger partial charge in [0.15, 0.2) is 0 Å². The zero-order chi connectivity index (χ0) is 13.0. The predicted molar refractivity (Wildman–Crippen MR) is 69.5 cm³/mol. The molecule has 1 heterocycles. The Balaban J connectivity index is 1.97. The summed E-state index contributed by atoms with van der Waals surface area (Å²) in [7, 11) is 1.80. The summed E-state index contributed by atoms with van der Waals surface area (Å²) in [5.74, 6) is -0.219. The summed E-state index contributed by atoms with van der Waals surface area (Å²) in [4.78, 5) is 16.0. The minimum atomic E-state index is -0.431. The van der Waals surface area contributed by atoms with Crippen LogP contribution in [0.3, 0.4) is 0 Å². The van der Waals surface area contributed by atoms with Crippen LogP contribution in [-0.2, 0) is 0 Å². The van der Waals surface area contributed by atoms with E-state index in [0.717, 1.165) is 31.4 Å². The molecule has 2 unspecified atom stereocenters. The van der Waals surface area contributed by atoms with E-state index in [2.05, 4.69) is 15.6 Å². The summed E-state index contributed by atoms with van der Waals surface area (Å²) < 4.78 is 0. The van der Waals surface area contributed by atoms with Crippen molar-refractivity contribution in [2.45, 2.75) is 37.8 Å². The van der Waals surface area contributed by atoms with Crippen LogP contribution in [0.2, 0.25) is 0 Å². The lowest BCUT2D eigenvalue weighted by Crippen LogP contribution is -2.45. The molecule has 3 N–H and O–H groups in total. The number of anilines is 1. The van der Waals surface area contributed by atoms with Crippen molar-refractivity contribution in [3.05, 3.63) is 24.0 Å². The highest BCUT2D eigenvalue weighted by Gasteiger charge is 2.25. The molecule has 1 amide bonds. The molecule has 0 spiro atoms. The standard InChI is InChI=1S/C13H19N3O2/c1-14-9-6-7-11(15-8-9)13(18)16-10-4-2-3-5-12(10)17/h6-8,10,12,14,17H,2-5H2,1H3,(H,16,18). The summed E-state index contributed by atoms with van der Waals surface area (Å²) in [5.41, 5.74) is 1.25. The van der Waals surface area contributed by atoms with Crippen LogP contribution in [0.1, 0.15) is 36.2 Å². The van der Waals surface area contributed by atoms with Gasteiger partial charge in [0.25, 0.3) is 5.91 Å². The zero-order valence-electron chi connectivity index (χ0n) is 10.5. The van der Waals surface area contributed by atoms with Gasteiger partial charge in [0.2, 0.25) is 0 Å². The SMILES string of the molecule is CNc1ccc(C(=O)NC2CCCCC2O)nc1. The molecule has 98 valence electrons. The Kier molecular flexibility index (Phi) is 4.15. The molecule has 0 saturated heterocycles. The number of rotatable bonds is 3. The van der Waals surface area contributed by atoms with E-state index >= 15 is 0 Å². The lowest BCUT2D eigenvalue weighted by Gasteiger charge is -2.28. The average Bonchev–Trinajstić information content (AvgIpc) is 2.41. The average molecular weight is 249 g/mol. The maximum Gasteiger partial charge on any atom is 0.270 e. The second-order valence-corrected chi connectivity index (χ2v) is 4.61. The van der Waals surface area contributed by atoms with Gasteiger partial charge in [-0.2, -0.15) is 0 Å². The van der Waals surface area contributed by atoms with E-state index < -0.39 is 6.10 Å². The Hall–Kier alpha value is -1.62. The minimum Gasteiger partial charge on any atom is -0.391 e. The van der Waals surface area contributed by atoms with Gasteiger partial charge >= 0.3 is 0 Å². The first kappa shape index (κ1) is 12.8. The number of amides is 1. The molecule has 1 fully saturated rings. The lowest BCUT2D eigenvalue weighted by molar-refractivity contribution is 0.0714. The summed E-state index contributed by atoms with van der Waals surface area (Å²) in [5, 5.41) is 15.6. The number of carbonyl (C=O) groups is 1. The molecule has 1 saturated carbocycles. The van der Waals surface area contributed by atoms with Crippen LogP contribution in [0, 0.1) is 0 Å². The van der Waals surface area contributed by atoms with Crippen molar-refractivity contribution in [3.8, 4) is 0 Å². The molecule has 1 aromatic heterocycles. The Morgan fingerprint density at radius 2 is 2.17 bits per heavy atom. The molecule has 2 rings (SSSR count). The monoisotopic (exact) mass is 249 g/mol. The first-order valence-corrected chi connectivity index (χ1v) is 6.33. The fourth-order valence-electron chi connectivity index (χ4n) is 2.20. The Morgan fingerprint density at radius 3 is 2.78 bits per heavy atom. The van der Waals surface area contributed by atoms with E-state index in [-0.39, 0.29) is 11.9 Å². The van der Waals surface area contributed by atoms with E-state index in [9.17, 15) is 9.90 Å². The van der Waals surface area contributed by atoms with Crippen LogP contribution in [0.4, 0.5) is 5.69 Å². The highest BCUT2D eigenvalue weighted by Crippen LogP contribution is 2.18. The number of aromatic nitrogens is 1. The maximum absolute atomic E-state index is 12.0. The van der Waals surface area contributed by atoms with Gasteiger partial charge in [-0.05, 0) is 25.0 Å². The normalized spacial score (nSPS) is 23.4.